The van der Waals surface area contributed by atoms with Crippen LogP contribution in [0.15, 0.2) is 24.7 Å². The van der Waals surface area contributed by atoms with Gasteiger partial charge in [0.05, 0.1) is 12.4 Å². The van der Waals surface area contributed by atoms with E-state index >= 15 is 0 Å². The lowest BCUT2D eigenvalue weighted by atomic mass is 10.5. The molecule has 2 aromatic heterocycles. The second kappa shape index (κ2) is 3.78. The quantitative estimate of drug-likeness (QED) is 0.761. The van der Waals surface area contributed by atoms with Crippen molar-refractivity contribution in [3.8, 4) is 0 Å². The first-order valence-electron chi connectivity index (χ1n) is 4.09. The highest BCUT2D eigenvalue weighted by Crippen LogP contribution is 2.08. The van der Waals surface area contributed by atoms with Crippen molar-refractivity contribution >= 4 is 11.6 Å². The molecule has 0 atom stereocenters. The third-order valence-electron chi connectivity index (χ3n) is 1.53. The zero-order valence-electron chi connectivity index (χ0n) is 7.60. The van der Waals surface area contributed by atoms with Gasteiger partial charge in [0.25, 0.3) is 0 Å². The molecular weight excluding hydrogens is 178 g/mol. The van der Waals surface area contributed by atoms with Crippen molar-refractivity contribution in [2.75, 3.05) is 5.32 Å². The van der Waals surface area contributed by atoms with E-state index in [4.69, 9.17) is 0 Å². The summed E-state index contributed by atoms with van der Waals surface area (Å²) in [5, 5.41) is 2.99. The second-order valence-electron chi connectivity index (χ2n) is 2.65. The van der Waals surface area contributed by atoms with Crippen LogP contribution in [0, 0.1) is 13.1 Å². The topological polar surface area (TPSA) is 63.6 Å². The van der Waals surface area contributed by atoms with Gasteiger partial charge >= 0.3 is 0 Å². The molecule has 69 valence electrons. The summed E-state index contributed by atoms with van der Waals surface area (Å²) in [6.45, 7) is 1.80. The fourth-order valence-corrected chi connectivity index (χ4v) is 0.977. The number of anilines is 2. The molecule has 0 unspecified atom stereocenters. The van der Waals surface area contributed by atoms with Crippen molar-refractivity contribution in [1.82, 2.24) is 19.9 Å². The Morgan fingerprint density at radius 3 is 2.93 bits per heavy atom. The molecular formula is C9H8N5. The summed E-state index contributed by atoms with van der Waals surface area (Å²) >= 11 is 0. The van der Waals surface area contributed by atoms with Crippen molar-refractivity contribution in [2.45, 2.75) is 6.92 Å². The van der Waals surface area contributed by atoms with E-state index in [2.05, 4.69) is 31.4 Å². The first kappa shape index (κ1) is 8.55. The summed E-state index contributed by atoms with van der Waals surface area (Å²) in [6.07, 6.45) is 7.57. The summed E-state index contributed by atoms with van der Waals surface area (Å²) in [6, 6.07) is 1.65. The van der Waals surface area contributed by atoms with Gasteiger partial charge in [0.2, 0.25) is 0 Å². The third kappa shape index (κ3) is 2.01. The molecule has 2 aromatic rings. The first-order valence-corrected chi connectivity index (χ1v) is 4.09. The Kier molecular flexibility index (Phi) is 2.31. The van der Waals surface area contributed by atoms with Crippen LogP contribution < -0.4 is 5.32 Å². The van der Waals surface area contributed by atoms with Crippen molar-refractivity contribution in [1.29, 1.82) is 0 Å². The lowest BCUT2D eigenvalue weighted by molar-refractivity contribution is 1.04. The zero-order valence-corrected chi connectivity index (χ0v) is 7.60. The molecule has 1 N–H and O–H groups in total. The Bertz CT molecular complexity index is 415. The van der Waals surface area contributed by atoms with Crippen molar-refractivity contribution in [3.63, 3.8) is 0 Å². The van der Waals surface area contributed by atoms with Gasteiger partial charge in [-0.1, -0.05) is 0 Å². The molecule has 0 aromatic carbocycles. The highest BCUT2D eigenvalue weighted by molar-refractivity contribution is 5.48. The van der Waals surface area contributed by atoms with Gasteiger partial charge in [-0.25, -0.2) is 15.0 Å². The number of aromatic nitrogens is 4. The van der Waals surface area contributed by atoms with Gasteiger partial charge in [0, 0.05) is 18.5 Å². The lowest BCUT2D eigenvalue weighted by Crippen LogP contribution is -1.98. The molecule has 5 nitrogen and oxygen atoms in total. The Labute approximate surface area is 81.3 Å². The fraction of sp³-hybridized carbons (Fsp3) is 0.111. The SMILES string of the molecule is Cc1n[c]cc(Nc2cnccn2)n1. The lowest BCUT2D eigenvalue weighted by Gasteiger charge is -2.02. The first-order chi connectivity index (χ1) is 6.84. The Morgan fingerprint density at radius 2 is 2.21 bits per heavy atom. The van der Waals surface area contributed by atoms with Gasteiger partial charge in [-0.15, -0.1) is 0 Å². The molecule has 0 aliphatic rings. The average Bonchev–Trinajstić information content (AvgIpc) is 2.19. The number of nitrogens with zero attached hydrogens (tertiary/aromatic N) is 4. The molecule has 0 saturated carbocycles. The predicted octanol–water partition coefficient (Wildman–Crippen LogP) is 1.12. The Hall–Kier alpha value is -2.04. The molecule has 0 amide bonds. The molecule has 0 saturated heterocycles. The third-order valence-corrected chi connectivity index (χ3v) is 1.53. The maximum absolute atomic E-state index is 4.15. The van der Waals surface area contributed by atoms with Crippen molar-refractivity contribution in [2.24, 2.45) is 0 Å². The van der Waals surface area contributed by atoms with Crippen LogP contribution in [0.2, 0.25) is 0 Å². The minimum absolute atomic E-state index is 0.652. The van der Waals surface area contributed by atoms with E-state index in [1.54, 1.807) is 31.6 Å². The average molecular weight is 186 g/mol. The van der Waals surface area contributed by atoms with E-state index in [0.717, 1.165) is 0 Å². The summed E-state index contributed by atoms with van der Waals surface area (Å²) in [5.74, 6) is 1.98. The molecule has 14 heavy (non-hydrogen) atoms. The molecule has 2 heterocycles. The summed E-state index contributed by atoms with van der Waals surface area (Å²) in [4.78, 5) is 16.0. The molecule has 0 fully saturated rings. The molecule has 0 aliphatic heterocycles. The van der Waals surface area contributed by atoms with Crippen molar-refractivity contribution < 1.29 is 0 Å². The van der Waals surface area contributed by atoms with Gasteiger partial charge in [-0.3, -0.25) is 4.98 Å². The summed E-state index contributed by atoms with van der Waals surface area (Å²) in [5.41, 5.74) is 0. The van der Waals surface area contributed by atoms with Crippen LogP contribution in [0.25, 0.3) is 0 Å². The van der Waals surface area contributed by atoms with E-state index in [9.17, 15) is 0 Å². The monoisotopic (exact) mass is 186 g/mol. The summed E-state index contributed by atoms with van der Waals surface area (Å²) < 4.78 is 0. The van der Waals surface area contributed by atoms with Gasteiger partial charge in [-0.05, 0) is 6.92 Å². The molecule has 2 rings (SSSR count). The van der Waals surface area contributed by atoms with Crippen LogP contribution in [0.4, 0.5) is 11.6 Å². The van der Waals surface area contributed by atoms with Gasteiger partial charge in [0.15, 0.2) is 0 Å². The summed E-state index contributed by atoms with van der Waals surface area (Å²) in [7, 11) is 0. The largest absolute Gasteiger partial charge is 0.324 e. The van der Waals surface area contributed by atoms with E-state index in [-0.39, 0.29) is 0 Å². The Morgan fingerprint density at radius 1 is 1.29 bits per heavy atom. The number of nitrogens with one attached hydrogen (secondary N) is 1. The van der Waals surface area contributed by atoms with E-state index in [0.29, 0.717) is 17.5 Å². The van der Waals surface area contributed by atoms with Crippen LogP contribution in [-0.4, -0.2) is 19.9 Å². The van der Waals surface area contributed by atoms with Crippen LogP contribution in [-0.2, 0) is 0 Å². The number of hydrogen-bond donors (Lipinski definition) is 1. The number of aryl methyl sites for hydroxylation is 1. The molecule has 1 radical (unpaired) electrons. The normalized spacial score (nSPS) is 9.79. The maximum atomic E-state index is 4.15. The second-order valence-corrected chi connectivity index (χ2v) is 2.65. The minimum atomic E-state index is 0.652. The minimum Gasteiger partial charge on any atom is -0.324 e. The van der Waals surface area contributed by atoms with Crippen LogP contribution in [0.5, 0.6) is 0 Å². The smallest absolute Gasteiger partial charge is 0.150 e. The molecule has 0 spiro atoms. The van der Waals surface area contributed by atoms with Crippen LogP contribution in [0.1, 0.15) is 5.82 Å². The van der Waals surface area contributed by atoms with Gasteiger partial charge in [0.1, 0.15) is 17.5 Å². The molecule has 5 heteroatoms. The number of rotatable bonds is 2. The van der Waals surface area contributed by atoms with Gasteiger partial charge < -0.3 is 5.32 Å². The van der Waals surface area contributed by atoms with Crippen LogP contribution in [0.3, 0.4) is 0 Å². The van der Waals surface area contributed by atoms with E-state index in [1.807, 2.05) is 0 Å². The van der Waals surface area contributed by atoms with Crippen molar-refractivity contribution in [3.05, 3.63) is 36.7 Å². The number of hydrogen-bond acceptors (Lipinski definition) is 5. The van der Waals surface area contributed by atoms with E-state index < -0.39 is 0 Å². The van der Waals surface area contributed by atoms with Gasteiger partial charge in [-0.2, -0.15) is 0 Å². The molecule has 0 aliphatic carbocycles. The standard InChI is InChI=1S/C9H8N5/c1-7-11-3-2-8(13-7)14-9-6-10-4-5-12-9/h2,4-6H,1H3,(H,11,12,13,14). The Balaban J connectivity index is 2.19. The molecule has 0 bridgehead atoms. The highest BCUT2D eigenvalue weighted by atomic mass is 15.1. The predicted molar refractivity (Wildman–Crippen MR) is 50.9 cm³/mol. The van der Waals surface area contributed by atoms with E-state index in [1.165, 1.54) is 0 Å². The van der Waals surface area contributed by atoms with Crippen LogP contribution >= 0.6 is 0 Å². The fourth-order valence-electron chi connectivity index (χ4n) is 0.977. The zero-order chi connectivity index (χ0) is 9.80. The highest BCUT2D eigenvalue weighted by Gasteiger charge is 1.96. The maximum Gasteiger partial charge on any atom is 0.150 e.